The van der Waals surface area contributed by atoms with Gasteiger partial charge < -0.3 is 0 Å². The van der Waals surface area contributed by atoms with E-state index in [-0.39, 0.29) is 5.91 Å². The third kappa shape index (κ3) is 4.46. The van der Waals surface area contributed by atoms with E-state index in [1.165, 1.54) is 0 Å². The highest BCUT2D eigenvalue weighted by Crippen LogP contribution is 2.12. The molecule has 0 unspecified atom stereocenters. The van der Waals surface area contributed by atoms with Gasteiger partial charge in [0.2, 0.25) is 0 Å². The number of carbonyl (C=O) groups excluding carboxylic acids is 1. The number of benzene rings is 2. The Hall–Kier alpha value is -2.07. The molecule has 1 amide bonds. The van der Waals surface area contributed by atoms with Crippen molar-refractivity contribution < 1.29 is 4.79 Å². The summed E-state index contributed by atoms with van der Waals surface area (Å²) < 4.78 is 0.947. The van der Waals surface area contributed by atoms with Gasteiger partial charge in [0.15, 0.2) is 0 Å². The summed E-state index contributed by atoms with van der Waals surface area (Å²) >= 11 is 3.35. The summed E-state index contributed by atoms with van der Waals surface area (Å²) in [6.07, 6.45) is 2.92. The maximum Gasteiger partial charge on any atom is 0.269 e. The zero-order valence-corrected chi connectivity index (χ0v) is 13.4. The van der Waals surface area contributed by atoms with Gasteiger partial charge in [-0.2, -0.15) is 0 Å². The first kappa shape index (κ1) is 15.3. The zero-order valence-electron chi connectivity index (χ0n) is 11.8. The van der Waals surface area contributed by atoms with Crippen molar-refractivity contribution >= 4 is 27.5 Å². The number of allylic oxidation sites excluding steroid dienone is 1. The fourth-order valence-corrected chi connectivity index (χ4v) is 2.12. The molecule has 2 rings (SSSR count). The fourth-order valence-electron chi connectivity index (χ4n) is 1.86. The Balaban J connectivity index is 2.04. The molecular weight excluding hydrogens is 328 g/mol. The van der Waals surface area contributed by atoms with Crippen molar-refractivity contribution in [1.82, 2.24) is 10.9 Å². The molecule has 0 spiro atoms. The topological polar surface area (TPSA) is 41.1 Å². The highest BCUT2D eigenvalue weighted by atomic mass is 79.9. The highest BCUT2D eigenvalue weighted by Gasteiger charge is 2.06. The van der Waals surface area contributed by atoms with Gasteiger partial charge in [-0.05, 0) is 36.2 Å². The molecule has 0 saturated carbocycles. The van der Waals surface area contributed by atoms with Gasteiger partial charge in [-0.15, -0.1) is 0 Å². The molecule has 3 nitrogen and oxygen atoms in total. The van der Waals surface area contributed by atoms with Gasteiger partial charge >= 0.3 is 0 Å². The van der Waals surface area contributed by atoms with Gasteiger partial charge in [0.25, 0.3) is 5.91 Å². The molecule has 0 fully saturated rings. The van der Waals surface area contributed by atoms with Gasteiger partial charge in [-0.1, -0.05) is 59.3 Å². The maximum atomic E-state index is 12.1. The standard InChI is InChI=1S/C17H17BrN2O/c1-2-6-16(13-7-4-3-5-8-13)19-20-17(21)14-9-11-15(18)12-10-14/h3-12,19H,2H2,1H3,(H,20,21). The van der Waals surface area contributed by atoms with E-state index in [0.717, 1.165) is 22.2 Å². The molecule has 0 aliphatic rings. The summed E-state index contributed by atoms with van der Waals surface area (Å²) in [5, 5.41) is 0. The molecule has 4 heteroatoms. The van der Waals surface area contributed by atoms with Gasteiger partial charge in [0, 0.05) is 10.0 Å². The Morgan fingerprint density at radius 3 is 2.29 bits per heavy atom. The Labute approximate surface area is 133 Å². The predicted molar refractivity (Wildman–Crippen MR) is 89.5 cm³/mol. The Bertz CT molecular complexity index is 621. The second kappa shape index (κ2) is 7.64. The molecule has 108 valence electrons. The van der Waals surface area contributed by atoms with Gasteiger partial charge in [0.1, 0.15) is 0 Å². The molecule has 0 aromatic heterocycles. The van der Waals surface area contributed by atoms with E-state index in [4.69, 9.17) is 0 Å². The van der Waals surface area contributed by atoms with E-state index < -0.39 is 0 Å². The first-order chi connectivity index (χ1) is 10.2. The van der Waals surface area contributed by atoms with Crippen molar-refractivity contribution in [2.75, 3.05) is 0 Å². The summed E-state index contributed by atoms with van der Waals surface area (Å²) in [5.41, 5.74) is 8.26. The van der Waals surface area contributed by atoms with Crippen LogP contribution < -0.4 is 10.9 Å². The van der Waals surface area contributed by atoms with Crippen molar-refractivity contribution in [3.63, 3.8) is 0 Å². The van der Waals surface area contributed by atoms with Crippen LogP contribution in [0, 0.1) is 0 Å². The van der Waals surface area contributed by atoms with Crippen molar-refractivity contribution in [2.45, 2.75) is 13.3 Å². The minimum absolute atomic E-state index is 0.166. The van der Waals surface area contributed by atoms with Gasteiger partial charge in [-0.25, -0.2) is 0 Å². The minimum Gasteiger partial charge on any atom is -0.298 e. The van der Waals surface area contributed by atoms with E-state index in [0.29, 0.717) is 5.56 Å². The van der Waals surface area contributed by atoms with E-state index in [2.05, 4.69) is 33.7 Å². The second-order valence-corrected chi connectivity index (χ2v) is 5.39. The average molecular weight is 345 g/mol. The van der Waals surface area contributed by atoms with E-state index in [9.17, 15) is 4.79 Å². The molecule has 2 aromatic rings. The molecular formula is C17H17BrN2O. The van der Waals surface area contributed by atoms with Crippen LogP contribution in [-0.4, -0.2) is 5.91 Å². The van der Waals surface area contributed by atoms with E-state index in [1.807, 2.05) is 48.5 Å². The number of nitrogens with one attached hydrogen (secondary N) is 2. The molecule has 0 heterocycles. The van der Waals surface area contributed by atoms with Crippen LogP contribution in [0.4, 0.5) is 0 Å². The third-order valence-electron chi connectivity index (χ3n) is 2.91. The van der Waals surface area contributed by atoms with Gasteiger partial charge in [0.05, 0.1) is 5.70 Å². The van der Waals surface area contributed by atoms with Crippen LogP contribution in [0.5, 0.6) is 0 Å². The Morgan fingerprint density at radius 1 is 1.00 bits per heavy atom. The summed E-state index contributed by atoms with van der Waals surface area (Å²) in [6.45, 7) is 2.06. The van der Waals surface area contributed by atoms with Crippen LogP contribution in [0.3, 0.4) is 0 Å². The quantitative estimate of drug-likeness (QED) is 0.800. The van der Waals surface area contributed by atoms with Crippen LogP contribution in [0.2, 0.25) is 0 Å². The maximum absolute atomic E-state index is 12.1. The molecule has 0 aliphatic heterocycles. The van der Waals surface area contributed by atoms with Crippen LogP contribution in [0.1, 0.15) is 29.3 Å². The van der Waals surface area contributed by atoms with Gasteiger partial charge in [-0.3, -0.25) is 15.6 Å². The van der Waals surface area contributed by atoms with Crippen molar-refractivity contribution in [3.05, 3.63) is 76.3 Å². The van der Waals surface area contributed by atoms with Crippen LogP contribution >= 0.6 is 15.9 Å². The lowest BCUT2D eigenvalue weighted by molar-refractivity contribution is 0.0942. The predicted octanol–water partition coefficient (Wildman–Crippen LogP) is 4.13. The van der Waals surface area contributed by atoms with E-state index >= 15 is 0 Å². The monoisotopic (exact) mass is 344 g/mol. The lowest BCUT2D eigenvalue weighted by atomic mass is 10.1. The van der Waals surface area contributed by atoms with E-state index in [1.54, 1.807) is 12.1 Å². The smallest absolute Gasteiger partial charge is 0.269 e. The number of hydrogen-bond donors (Lipinski definition) is 2. The summed E-state index contributed by atoms with van der Waals surface area (Å²) in [6, 6.07) is 17.1. The third-order valence-corrected chi connectivity index (χ3v) is 3.44. The number of hydrogen-bond acceptors (Lipinski definition) is 2. The lowest BCUT2D eigenvalue weighted by Crippen LogP contribution is -2.36. The number of hydrazine groups is 1. The fraction of sp³-hybridized carbons (Fsp3) is 0.118. The van der Waals surface area contributed by atoms with Crippen molar-refractivity contribution in [3.8, 4) is 0 Å². The minimum atomic E-state index is -0.166. The Morgan fingerprint density at radius 2 is 1.67 bits per heavy atom. The normalized spacial score (nSPS) is 11.0. The summed E-state index contributed by atoms with van der Waals surface area (Å²) in [4.78, 5) is 12.1. The van der Waals surface area contributed by atoms with Crippen molar-refractivity contribution in [2.24, 2.45) is 0 Å². The largest absolute Gasteiger partial charge is 0.298 e. The molecule has 2 aromatic carbocycles. The molecule has 0 atom stereocenters. The molecule has 0 saturated heterocycles. The van der Waals surface area contributed by atoms with Crippen LogP contribution in [-0.2, 0) is 0 Å². The first-order valence-corrected chi connectivity index (χ1v) is 7.57. The molecule has 0 aliphatic carbocycles. The molecule has 21 heavy (non-hydrogen) atoms. The lowest BCUT2D eigenvalue weighted by Gasteiger charge is -2.12. The molecule has 2 N–H and O–H groups in total. The number of carbonyl (C=O) groups is 1. The highest BCUT2D eigenvalue weighted by molar-refractivity contribution is 9.10. The zero-order chi connectivity index (χ0) is 15.1. The van der Waals surface area contributed by atoms with Crippen LogP contribution in [0.25, 0.3) is 5.70 Å². The SMILES string of the molecule is CCC=C(NNC(=O)c1ccc(Br)cc1)c1ccccc1. The number of rotatable bonds is 5. The van der Waals surface area contributed by atoms with Crippen molar-refractivity contribution in [1.29, 1.82) is 0 Å². The molecule has 0 radical (unpaired) electrons. The number of amides is 1. The van der Waals surface area contributed by atoms with Crippen LogP contribution in [0.15, 0.2) is 65.1 Å². The average Bonchev–Trinajstić information content (AvgIpc) is 2.52. The summed E-state index contributed by atoms with van der Waals surface area (Å²) in [5.74, 6) is -0.166. The molecule has 0 bridgehead atoms. The number of halogens is 1. The second-order valence-electron chi connectivity index (χ2n) is 4.48. The summed E-state index contributed by atoms with van der Waals surface area (Å²) in [7, 11) is 0. The Kier molecular flexibility index (Phi) is 5.58. The first-order valence-electron chi connectivity index (χ1n) is 6.78.